The van der Waals surface area contributed by atoms with E-state index in [1.54, 1.807) is 11.8 Å². The summed E-state index contributed by atoms with van der Waals surface area (Å²) in [5, 5.41) is 0. The fourth-order valence-electron chi connectivity index (χ4n) is 1.66. The molecule has 3 heteroatoms. The van der Waals surface area contributed by atoms with Crippen LogP contribution in [0.4, 0.5) is 5.69 Å². The molecule has 0 fully saturated rings. The molecule has 0 saturated heterocycles. The van der Waals surface area contributed by atoms with Gasteiger partial charge in [0.05, 0.1) is 0 Å². The number of anilines is 1. The van der Waals surface area contributed by atoms with Crippen LogP contribution in [-0.2, 0) is 0 Å². The van der Waals surface area contributed by atoms with Crippen molar-refractivity contribution in [2.24, 2.45) is 0 Å². The zero-order valence-corrected chi connectivity index (χ0v) is 11.3. The third-order valence-corrected chi connectivity index (χ3v) is 3.87. The van der Waals surface area contributed by atoms with E-state index in [0.29, 0.717) is 0 Å². The lowest BCUT2D eigenvalue weighted by Gasteiger charge is -2.12. The van der Waals surface area contributed by atoms with Crippen molar-refractivity contribution in [1.82, 2.24) is 0 Å². The smallest absolute Gasteiger partial charge is 0.0394 e. The van der Waals surface area contributed by atoms with Crippen molar-refractivity contribution < 1.29 is 0 Å². The molecule has 0 amide bonds. The molecule has 1 nitrogen and oxygen atoms in total. The van der Waals surface area contributed by atoms with Gasteiger partial charge in [-0.2, -0.15) is 0 Å². The first-order valence-electron chi connectivity index (χ1n) is 4.91. The molecule has 0 heterocycles. The van der Waals surface area contributed by atoms with Crippen LogP contribution in [0.3, 0.4) is 0 Å². The fraction of sp³-hybridized carbons (Fsp3) is 0.0769. The molecular weight excluding hydrogens is 282 g/mol. The Morgan fingerprint density at radius 3 is 2.50 bits per heavy atom. The zero-order valence-electron chi connectivity index (χ0n) is 8.91. The molecule has 0 aromatic heterocycles. The Bertz CT molecular complexity index is 511. The maximum absolute atomic E-state index is 6.01. The number of hydrogen-bond donors (Lipinski definition) is 1. The van der Waals surface area contributed by atoms with Crippen LogP contribution in [0.15, 0.2) is 51.8 Å². The largest absolute Gasteiger partial charge is 0.398 e. The number of benzene rings is 2. The minimum atomic E-state index is 0.810. The standard InChI is InChI=1S/C13H12BrNS/c1-16-12-8-4-6-10(14)13(12)9-5-2-3-7-11(9)15/h2-8H,15H2,1H3. The number of halogens is 1. The molecule has 0 aliphatic carbocycles. The molecule has 0 unspecified atom stereocenters. The molecule has 2 aromatic rings. The Morgan fingerprint density at radius 2 is 1.81 bits per heavy atom. The maximum Gasteiger partial charge on any atom is 0.0394 e. The molecule has 2 N–H and O–H groups in total. The van der Waals surface area contributed by atoms with Gasteiger partial charge in [0.1, 0.15) is 0 Å². The second-order valence-electron chi connectivity index (χ2n) is 3.40. The third kappa shape index (κ3) is 2.11. The first-order valence-corrected chi connectivity index (χ1v) is 6.93. The topological polar surface area (TPSA) is 26.0 Å². The van der Waals surface area contributed by atoms with E-state index in [4.69, 9.17) is 5.73 Å². The molecule has 16 heavy (non-hydrogen) atoms. The van der Waals surface area contributed by atoms with E-state index in [2.05, 4.69) is 34.3 Å². The van der Waals surface area contributed by atoms with E-state index < -0.39 is 0 Å². The SMILES string of the molecule is CSc1cccc(Br)c1-c1ccccc1N. The van der Waals surface area contributed by atoms with Crippen molar-refractivity contribution in [2.75, 3.05) is 12.0 Å². The number of hydrogen-bond acceptors (Lipinski definition) is 2. The molecule has 0 saturated carbocycles. The Labute approximate surface area is 108 Å². The second kappa shape index (κ2) is 4.93. The second-order valence-corrected chi connectivity index (χ2v) is 5.11. The van der Waals surface area contributed by atoms with Gasteiger partial charge in [0.2, 0.25) is 0 Å². The Kier molecular flexibility index (Phi) is 3.56. The van der Waals surface area contributed by atoms with E-state index in [-0.39, 0.29) is 0 Å². The Hall–Kier alpha value is -0.930. The van der Waals surface area contributed by atoms with Gasteiger partial charge in [-0.25, -0.2) is 0 Å². The minimum Gasteiger partial charge on any atom is -0.398 e. The summed E-state index contributed by atoms with van der Waals surface area (Å²) in [6, 6.07) is 14.1. The fourth-order valence-corrected chi connectivity index (χ4v) is 3.01. The molecule has 82 valence electrons. The molecule has 2 aromatic carbocycles. The van der Waals surface area contributed by atoms with Crippen molar-refractivity contribution >= 4 is 33.4 Å². The summed E-state index contributed by atoms with van der Waals surface area (Å²) in [7, 11) is 0. The average Bonchev–Trinajstić information content (AvgIpc) is 2.30. The molecule has 0 atom stereocenters. The highest BCUT2D eigenvalue weighted by atomic mass is 79.9. The van der Waals surface area contributed by atoms with Gasteiger partial charge in [-0.1, -0.05) is 40.2 Å². The first-order chi connectivity index (χ1) is 7.74. The molecule has 0 aliphatic heterocycles. The number of para-hydroxylation sites is 1. The normalized spacial score (nSPS) is 10.4. The summed E-state index contributed by atoms with van der Waals surface area (Å²) in [6.07, 6.45) is 2.07. The summed E-state index contributed by atoms with van der Waals surface area (Å²) in [6.45, 7) is 0. The summed E-state index contributed by atoms with van der Waals surface area (Å²) in [4.78, 5) is 1.23. The van der Waals surface area contributed by atoms with Crippen molar-refractivity contribution in [3.8, 4) is 11.1 Å². The van der Waals surface area contributed by atoms with Crippen molar-refractivity contribution in [2.45, 2.75) is 4.90 Å². The van der Waals surface area contributed by atoms with Gasteiger partial charge in [0.25, 0.3) is 0 Å². The average molecular weight is 294 g/mol. The van der Waals surface area contributed by atoms with Gasteiger partial charge in [0.15, 0.2) is 0 Å². The predicted octanol–water partition coefficient (Wildman–Crippen LogP) is 4.42. The number of nitrogen functional groups attached to an aromatic ring is 1. The molecule has 0 aliphatic rings. The third-order valence-electron chi connectivity index (χ3n) is 2.43. The van der Waals surface area contributed by atoms with Gasteiger partial charge in [-0.3, -0.25) is 0 Å². The first kappa shape index (κ1) is 11.6. The lowest BCUT2D eigenvalue weighted by Crippen LogP contribution is -1.91. The maximum atomic E-state index is 6.01. The molecule has 0 spiro atoms. The van der Waals surface area contributed by atoms with Crippen molar-refractivity contribution in [3.63, 3.8) is 0 Å². The highest BCUT2D eigenvalue weighted by Crippen LogP contribution is 2.38. The molecule has 0 radical (unpaired) electrons. The van der Waals surface area contributed by atoms with Gasteiger partial charge >= 0.3 is 0 Å². The summed E-state index contributed by atoms with van der Waals surface area (Å²) < 4.78 is 1.08. The minimum absolute atomic E-state index is 0.810. The van der Waals surface area contributed by atoms with Crippen LogP contribution in [0.1, 0.15) is 0 Å². The Morgan fingerprint density at radius 1 is 1.06 bits per heavy atom. The monoisotopic (exact) mass is 293 g/mol. The lowest BCUT2D eigenvalue weighted by atomic mass is 10.0. The predicted molar refractivity (Wildman–Crippen MR) is 75.8 cm³/mol. The summed E-state index contributed by atoms with van der Waals surface area (Å²) in [5.74, 6) is 0. The molecule has 2 rings (SSSR count). The lowest BCUT2D eigenvalue weighted by molar-refractivity contribution is 1.42. The number of nitrogens with two attached hydrogens (primary N) is 1. The van der Waals surface area contributed by atoms with Crippen LogP contribution in [0.25, 0.3) is 11.1 Å². The van der Waals surface area contributed by atoms with E-state index in [1.165, 1.54) is 10.5 Å². The zero-order chi connectivity index (χ0) is 11.5. The van der Waals surface area contributed by atoms with E-state index in [9.17, 15) is 0 Å². The van der Waals surface area contributed by atoms with E-state index >= 15 is 0 Å². The number of thioether (sulfide) groups is 1. The van der Waals surface area contributed by atoms with Gasteiger partial charge in [-0.15, -0.1) is 11.8 Å². The van der Waals surface area contributed by atoms with Crippen LogP contribution in [-0.4, -0.2) is 6.26 Å². The van der Waals surface area contributed by atoms with Crippen molar-refractivity contribution in [3.05, 3.63) is 46.9 Å². The van der Waals surface area contributed by atoms with Crippen LogP contribution in [0.2, 0.25) is 0 Å². The van der Waals surface area contributed by atoms with Crippen LogP contribution in [0.5, 0.6) is 0 Å². The highest BCUT2D eigenvalue weighted by Gasteiger charge is 2.10. The Balaban J connectivity index is 2.68. The van der Waals surface area contributed by atoms with Crippen LogP contribution in [0, 0.1) is 0 Å². The molecule has 0 bridgehead atoms. The van der Waals surface area contributed by atoms with Crippen molar-refractivity contribution in [1.29, 1.82) is 0 Å². The van der Waals surface area contributed by atoms with Gasteiger partial charge in [-0.05, 0) is 24.5 Å². The van der Waals surface area contributed by atoms with E-state index in [0.717, 1.165) is 15.7 Å². The van der Waals surface area contributed by atoms with Gasteiger partial charge < -0.3 is 5.73 Å². The van der Waals surface area contributed by atoms with Gasteiger partial charge in [0, 0.05) is 26.2 Å². The highest BCUT2D eigenvalue weighted by molar-refractivity contribution is 9.10. The van der Waals surface area contributed by atoms with Crippen LogP contribution >= 0.6 is 27.7 Å². The summed E-state index contributed by atoms with van der Waals surface area (Å²) >= 11 is 5.32. The molecular formula is C13H12BrNS. The van der Waals surface area contributed by atoms with Crippen LogP contribution < -0.4 is 5.73 Å². The number of rotatable bonds is 2. The van der Waals surface area contributed by atoms with E-state index in [1.807, 2.05) is 30.3 Å². The summed E-state index contributed by atoms with van der Waals surface area (Å²) in [5.41, 5.74) is 9.08. The quantitative estimate of drug-likeness (QED) is 0.655.